The van der Waals surface area contributed by atoms with Crippen molar-refractivity contribution in [2.24, 2.45) is 5.92 Å². The predicted molar refractivity (Wildman–Crippen MR) is 115 cm³/mol. The van der Waals surface area contributed by atoms with Crippen molar-refractivity contribution >= 4 is 22.9 Å². The summed E-state index contributed by atoms with van der Waals surface area (Å²) in [5.41, 5.74) is 14.6. The lowest BCUT2D eigenvalue weighted by molar-refractivity contribution is -0.103. The molecule has 4 N–H and O–H groups in total. The molecule has 5 rings (SSSR count). The van der Waals surface area contributed by atoms with Crippen LogP contribution < -0.4 is 11.5 Å². The van der Waals surface area contributed by atoms with E-state index in [9.17, 15) is 8.78 Å². The first kappa shape index (κ1) is 20.9. The molecule has 0 bridgehead atoms. The predicted octanol–water partition coefficient (Wildman–Crippen LogP) is 2.59. The molecule has 31 heavy (non-hydrogen) atoms. The average Bonchev–Trinajstić information content (AvgIpc) is 3.36. The molecule has 0 spiro atoms. The van der Waals surface area contributed by atoms with Gasteiger partial charge in [-0.3, -0.25) is 4.90 Å². The maximum atomic E-state index is 13.0. The SMILES string of the molecule is CCN1CCC(C)C(F)(F)C1.Nc1nc(N)c2c(-c3ccc4nccn4n3)ccn2n1. The van der Waals surface area contributed by atoms with Crippen LogP contribution in [-0.4, -0.2) is 59.7 Å². The molecule has 4 aromatic heterocycles. The molecular formula is C20H25F2N9. The molecule has 11 heteroatoms. The monoisotopic (exact) mass is 429 g/mol. The van der Waals surface area contributed by atoms with Crippen molar-refractivity contribution in [2.75, 3.05) is 31.1 Å². The first-order valence-electron chi connectivity index (χ1n) is 10.1. The smallest absolute Gasteiger partial charge is 0.263 e. The fraction of sp³-hybridized carbons (Fsp3) is 0.400. The fourth-order valence-electron chi connectivity index (χ4n) is 3.63. The molecule has 1 saturated heterocycles. The van der Waals surface area contributed by atoms with Gasteiger partial charge in [0.05, 0.1) is 12.2 Å². The summed E-state index contributed by atoms with van der Waals surface area (Å²) in [7, 11) is 0. The van der Waals surface area contributed by atoms with Crippen molar-refractivity contribution in [3.8, 4) is 11.3 Å². The van der Waals surface area contributed by atoms with Gasteiger partial charge in [0.25, 0.3) is 5.92 Å². The Morgan fingerprint density at radius 3 is 2.68 bits per heavy atom. The zero-order valence-electron chi connectivity index (χ0n) is 17.4. The maximum Gasteiger partial charge on any atom is 0.263 e. The van der Waals surface area contributed by atoms with Crippen molar-refractivity contribution in [2.45, 2.75) is 26.2 Å². The molecule has 4 aromatic rings. The zero-order valence-corrected chi connectivity index (χ0v) is 17.4. The Morgan fingerprint density at radius 2 is 1.94 bits per heavy atom. The second kappa shape index (κ2) is 8.06. The number of imidazole rings is 1. The summed E-state index contributed by atoms with van der Waals surface area (Å²) in [6.45, 7) is 5.07. The second-order valence-corrected chi connectivity index (χ2v) is 7.65. The highest BCUT2D eigenvalue weighted by atomic mass is 19.3. The quantitative estimate of drug-likeness (QED) is 0.503. The van der Waals surface area contributed by atoms with Crippen LogP contribution in [0.2, 0.25) is 0 Å². The van der Waals surface area contributed by atoms with Crippen LogP contribution in [0.15, 0.2) is 36.8 Å². The Morgan fingerprint density at radius 1 is 1.13 bits per heavy atom. The van der Waals surface area contributed by atoms with Crippen molar-refractivity contribution in [3.63, 3.8) is 0 Å². The van der Waals surface area contributed by atoms with E-state index < -0.39 is 11.8 Å². The first-order valence-corrected chi connectivity index (χ1v) is 10.1. The number of nitrogen functional groups attached to an aromatic ring is 2. The first-order chi connectivity index (χ1) is 14.8. The van der Waals surface area contributed by atoms with E-state index in [0.717, 1.165) is 30.0 Å². The molecule has 1 aliphatic heterocycles. The van der Waals surface area contributed by atoms with E-state index in [1.807, 2.05) is 25.1 Å². The lowest BCUT2D eigenvalue weighted by Crippen LogP contribution is -2.47. The van der Waals surface area contributed by atoms with Gasteiger partial charge in [-0.1, -0.05) is 13.8 Å². The molecule has 9 nitrogen and oxygen atoms in total. The minimum Gasteiger partial charge on any atom is -0.382 e. The molecule has 0 amide bonds. The van der Waals surface area contributed by atoms with Gasteiger partial charge in [0, 0.05) is 30.1 Å². The van der Waals surface area contributed by atoms with Crippen molar-refractivity contribution < 1.29 is 8.78 Å². The lowest BCUT2D eigenvalue weighted by atomic mass is 9.95. The van der Waals surface area contributed by atoms with Gasteiger partial charge >= 0.3 is 0 Å². The van der Waals surface area contributed by atoms with Crippen LogP contribution in [0.25, 0.3) is 22.4 Å². The van der Waals surface area contributed by atoms with Gasteiger partial charge in [-0.2, -0.15) is 10.1 Å². The normalized spacial score (nSPS) is 18.8. The third-order valence-corrected chi connectivity index (χ3v) is 5.57. The van der Waals surface area contributed by atoms with E-state index in [0.29, 0.717) is 17.8 Å². The third-order valence-electron chi connectivity index (χ3n) is 5.57. The Hall–Kier alpha value is -3.34. The summed E-state index contributed by atoms with van der Waals surface area (Å²) in [6, 6.07) is 5.65. The van der Waals surface area contributed by atoms with Gasteiger partial charge in [-0.25, -0.2) is 22.8 Å². The molecule has 5 heterocycles. The van der Waals surface area contributed by atoms with Crippen molar-refractivity contribution in [3.05, 3.63) is 36.8 Å². The molecule has 164 valence electrons. The minimum absolute atomic E-state index is 0.0509. The largest absolute Gasteiger partial charge is 0.382 e. The van der Waals surface area contributed by atoms with E-state index in [4.69, 9.17) is 11.5 Å². The molecule has 0 aliphatic carbocycles. The summed E-state index contributed by atoms with van der Waals surface area (Å²) in [6.07, 6.45) is 5.89. The molecule has 0 saturated carbocycles. The van der Waals surface area contributed by atoms with Crippen molar-refractivity contribution in [1.82, 2.24) is 34.1 Å². The van der Waals surface area contributed by atoms with Gasteiger partial charge in [0.2, 0.25) is 5.95 Å². The van der Waals surface area contributed by atoms with E-state index >= 15 is 0 Å². The number of halogens is 2. The van der Waals surface area contributed by atoms with Crippen LogP contribution in [0.5, 0.6) is 0 Å². The number of alkyl halides is 2. The Balaban J connectivity index is 0.000000180. The van der Waals surface area contributed by atoms with Crippen LogP contribution >= 0.6 is 0 Å². The maximum absolute atomic E-state index is 13.0. The zero-order chi connectivity index (χ0) is 22.2. The highest BCUT2D eigenvalue weighted by molar-refractivity contribution is 5.86. The molecular weight excluding hydrogens is 404 g/mol. The molecule has 1 aliphatic rings. The standard InChI is InChI=1S/C12H10N8.C8H15F2N/c13-11-10-7(3-5-20(10)18-12(14)16-11)8-1-2-9-15-4-6-19(9)17-8;1-3-11-5-4-7(2)8(9,10)6-11/h1-6H,(H4,13,14,16,18);7H,3-6H2,1-2H3. The Labute approximate surface area is 177 Å². The summed E-state index contributed by atoms with van der Waals surface area (Å²) in [5.74, 6) is -2.45. The molecule has 1 atom stereocenters. The molecule has 1 unspecified atom stereocenters. The number of anilines is 2. The molecule has 0 radical (unpaired) electrons. The Kier molecular flexibility index (Phi) is 5.44. The van der Waals surface area contributed by atoms with Crippen LogP contribution in [0.3, 0.4) is 0 Å². The van der Waals surface area contributed by atoms with Gasteiger partial charge in [0.1, 0.15) is 5.52 Å². The minimum atomic E-state index is -2.46. The highest BCUT2D eigenvalue weighted by Crippen LogP contribution is 2.32. The number of likely N-dealkylation sites (tertiary alicyclic amines) is 1. The number of nitrogens with zero attached hydrogens (tertiary/aromatic N) is 7. The number of aromatic nitrogens is 6. The van der Waals surface area contributed by atoms with Gasteiger partial charge in [-0.15, -0.1) is 5.10 Å². The molecule has 0 aromatic carbocycles. The van der Waals surface area contributed by atoms with Crippen LogP contribution in [-0.2, 0) is 0 Å². The lowest BCUT2D eigenvalue weighted by Gasteiger charge is -2.36. The highest BCUT2D eigenvalue weighted by Gasteiger charge is 2.40. The van der Waals surface area contributed by atoms with E-state index in [1.54, 1.807) is 39.4 Å². The Bertz CT molecular complexity index is 1200. The van der Waals surface area contributed by atoms with E-state index in [1.165, 1.54) is 0 Å². The van der Waals surface area contributed by atoms with Crippen LogP contribution in [0.4, 0.5) is 20.5 Å². The molecule has 1 fully saturated rings. The van der Waals surface area contributed by atoms with Gasteiger partial charge in [-0.05, 0) is 37.7 Å². The summed E-state index contributed by atoms with van der Waals surface area (Å²) < 4.78 is 29.3. The van der Waals surface area contributed by atoms with Crippen LogP contribution in [0, 0.1) is 5.92 Å². The van der Waals surface area contributed by atoms with Gasteiger partial charge < -0.3 is 11.5 Å². The number of hydrogen-bond donors (Lipinski definition) is 2. The number of rotatable bonds is 2. The second-order valence-electron chi connectivity index (χ2n) is 7.65. The number of hydrogen-bond acceptors (Lipinski definition) is 7. The van der Waals surface area contributed by atoms with Crippen LogP contribution in [0.1, 0.15) is 20.3 Å². The number of fused-ring (bicyclic) bond motifs is 2. The topological polar surface area (TPSA) is 116 Å². The third kappa shape index (κ3) is 4.13. The number of piperidine rings is 1. The fourth-order valence-corrected chi connectivity index (χ4v) is 3.63. The van der Waals surface area contributed by atoms with Crippen molar-refractivity contribution in [1.29, 1.82) is 0 Å². The number of nitrogens with two attached hydrogens (primary N) is 2. The summed E-state index contributed by atoms with van der Waals surface area (Å²) in [4.78, 5) is 9.96. The van der Waals surface area contributed by atoms with Gasteiger partial charge in [0.15, 0.2) is 11.5 Å². The summed E-state index contributed by atoms with van der Waals surface area (Å²) >= 11 is 0. The summed E-state index contributed by atoms with van der Waals surface area (Å²) in [5, 5.41) is 8.58. The van der Waals surface area contributed by atoms with E-state index in [-0.39, 0.29) is 12.5 Å². The average molecular weight is 429 g/mol. The van der Waals surface area contributed by atoms with E-state index in [2.05, 4.69) is 20.2 Å².